The van der Waals surface area contributed by atoms with Gasteiger partial charge in [-0.05, 0) is 0 Å². The van der Waals surface area contributed by atoms with Gasteiger partial charge in [0.2, 0.25) is 0 Å². The molecule has 0 spiro atoms. The Morgan fingerprint density at radius 1 is 0.846 bits per heavy atom. The molecule has 0 aromatic heterocycles. The molecule has 0 heterocycles. The van der Waals surface area contributed by atoms with E-state index >= 15 is 0 Å². The SMILES string of the molecule is O.O.[Ca+2].[Ca+2].[O-][P+]([O-])(O)O[P+](O)(O)O. The number of rotatable bonds is 2. The molecule has 0 atom stereocenters. The monoisotopic (exact) mass is 294 g/mol. The maximum atomic E-state index is 9.56. The zero-order valence-corrected chi connectivity index (χ0v) is 12.5. The van der Waals surface area contributed by atoms with E-state index in [2.05, 4.69) is 4.31 Å². The molecule has 8 N–H and O–H groups in total. The predicted molar refractivity (Wildman–Crippen MR) is 42.5 cm³/mol. The molecule has 13 heavy (non-hydrogen) atoms. The van der Waals surface area contributed by atoms with E-state index in [1.807, 2.05) is 0 Å². The zero-order chi connectivity index (χ0) is 7.71. The quantitative estimate of drug-likeness (QED) is 0.287. The summed E-state index contributed by atoms with van der Waals surface area (Å²) in [5, 5.41) is 0. The van der Waals surface area contributed by atoms with Crippen LogP contribution in [0, 0.1) is 0 Å². The molecule has 0 rings (SSSR count). The van der Waals surface area contributed by atoms with E-state index in [1.165, 1.54) is 0 Å². The van der Waals surface area contributed by atoms with Gasteiger partial charge in [0.15, 0.2) is 0 Å². The molecule has 0 aliphatic carbocycles. The average molecular weight is 294 g/mol. The molecule has 0 radical (unpaired) electrons. The van der Waals surface area contributed by atoms with Crippen molar-refractivity contribution in [2.45, 2.75) is 0 Å². The van der Waals surface area contributed by atoms with E-state index in [-0.39, 0.29) is 86.4 Å². The second kappa shape index (κ2) is 11.5. The van der Waals surface area contributed by atoms with Crippen LogP contribution in [0.3, 0.4) is 0 Å². The first-order chi connectivity index (χ1) is 3.71. The molecule has 0 saturated heterocycles. The molecule has 0 amide bonds. The molecular formula is H8Ca2O9P2+4. The first kappa shape index (κ1) is 29.8. The van der Waals surface area contributed by atoms with Crippen LogP contribution in [-0.2, 0) is 4.31 Å². The standard InChI is InChI=1S/2Ca.H4O7P2.2H2O/c;;1-8(2,3)7-9(4,5)6;;/h;;1-3H,(H-,4,5,6);2*1H2/q2*+2;;;. The van der Waals surface area contributed by atoms with Crippen molar-refractivity contribution in [2.75, 3.05) is 0 Å². The second-order valence-corrected chi connectivity index (χ2v) is 3.68. The van der Waals surface area contributed by atoms with Crippen molar-refractivity contribution in [1.29, 1.82) is 0 Å². The third kappa shape index (κ3) is 31.3. The van der Waals surface area contributed by atoms with Crippen molar-refractivity contribution in [2.24, 2.45) is 0 Å². The topological polar surface area (TPSA) is 199 Å². The van der Waals surface area contributed by atoms with Crippen molar-refractivity contribution in [3.63, 3.8) is 0 Å². The summed E-state index contributed by atoms with van der Waals surface area (Å²) in [5.41, 5.74) is 0. The van der Waals surface area contributed by atoms with E-state index in [4.69, 9.17) is 19.6 Å². The van der Waals surface area contributed by atoms with Gasteiger partial charge in [0, 0.05) is 4.31 Å². The maximum Gasteiger partial charge on any atom is 2.00 e. The van der Waals surface area contributed by atoms with Crippen molar-refractivity contribution in [3.8, 4) is 0 Å². The minimum absolute atomic E-state index is 0. The Hall–Kier alpha value is 3.02. The van der Waals surface area contributed by atoms with Gasteiger partial charge < -0.3 is 20.7 Å². The fourth-order valence-electron chi connectivity index (χ4n) is 0.138. The molecule has 0 aromatic carbocycles. The summed E-state index contributed by atoms with van der Waals surface area (Å²) < 4.78 is 2.96. The molecular weight excluding hydrogens is 286 g/mol. The van der Waals surface area contributed by atoms with Gasteiger partial charge in [-0.2, -0.15) is 14.7 Å². The maximum absolute atomic E-state index is 9.56. The van der Waals surface area contributed by atoms with Gasteiger partial charge in [0.05, 0.1) is 0 Å². The van der Waals surface area contributed by atoms with Crippen molar-refractivity contribution in [3.05, 3.63) is 0 Å². The first-order valence-corrected chi connectivity index (χ1v) is 4.59. The Morgan fingerprint density at radius 3 is 1.08 bits per heavy atom. The van der Waals surface area contributed by atoms with Gasteiger partial charge in [-0.3, -0.25) is 0 Å². The summed E-state index contributed by atoms with van der Waals surface area (Å²) in [7, 11) is -10.1. The summed E-state index contributed by atoms with van der Waals surface area (Å²) in [4.78, 5) is 50.3. The van der Waals surface area contributed by atoms with Crippen LogP contribution in [0.25, 0.3) is 0 Å². The fourth-order valence-corrected chi connectivity index (χ4v) is 1.25. The van der Waals surface area contributed by atoms with E-state index in [1.54, 1.807) is 0 Å². The van der Waals surface area contributed by atoms with E-state index in [0.29, 0.717) is 0 Å². The molecule has 0 fully saturated rings. The minimum atomic E-state index is -5.24. The molecule has 0 aliphatic heterocycles. The number of hydrogen-bond donors (Lipinski definition) is 4. The molecule has 9 nitrogen and oxygen atoms in total. The normalized spacial score (nSPS) is 9.69. The van der Waals surface area contributed by atoms with Crippen LogP contribution >= 0.6 is 16.3 Å². The summed E-state index contributed by atoms with van der Waals surface area (Å²) in [6.07, 6.45) is 0. The molecule has 0 aromatic rings. The number of hydrogen-bond acceptors (Lipinski definition) is 7. The Bertz CT molecular complexity index is 80.8. The predicted octanol–water partition coefficient (Wildman–Crippen LogP) is -5.36. The summed E-state index contributed by atoms with van der Waals surface area (Å²) in [6.45, 7) is 0. The Balaban J connectivity index is -0.0000000533. The van der Waals surface area contributed by atoms with Gasteiger partial charge in [-0.1, -0.05) is 0 Å². The third-order valence-electron chi connectivity index (χ3n) is 0.213. The molecule has 0 aliphatic rings. The van der Waals surface area contributed by atoms with Crippen molar-refractivity contribution < 1.29 is 44.6 Å². The summed E-state index contributed by atoms with van der Waals surface area (Å²) in [5.74, 6) is 0. The van der Waals surface area contributed by atoms with Crippen LogP contribution in [0.1, 0.15) is 0 Å². The van der Waals surface area contributed by atoms with Crippen molar-refractivity contribution in [1.82, 2.24) is 0 Å². The number of phosphoric acid groups is 1. The first-order valence-electron chi connectivity index (χ1n) is 1.53. The van der Waals surface area contributed by atoms with Crippen LogP contribution in [-0.4, -0.2) is 106 Å². The smallest absolute Gasteiger partial charge is 0.631 e. The zero-order valence-electron chi connectivity index (χ0n) is 6.32. The molecule has 13 heteroatoms. The van der Waals surface area contributed by atoms with Crippen LogP contribution in [0.15, 0.2) is 0 Å². The molecule has 0 unspecified atom stereocenters. The Labute approximate surface area is 134 Å². The second-order valence-electron chi connectivity index (χ2n) is 1.06. The van der Waals surface area contributed by atoms with Crippen molar-refractivity contribution >= 4 is 91.8 Å². The van der Waals surface area contributed by atoms with Crippen LogP contribution < -0.4 is 9.79 Å². The Kier molecular flexibility index (Phi) is 26.3. The van der Waals surface area contributed by atoms with Gasteiger partial charge in [-0.25, -0.2) is 4.89 Å². The van der Waals surface area contributed by atoms with Crippen LogP contribution in [0.5, 0.6) is 0 Å². The molecule has 72 valence electrons. The van der Waals surface area contributed by atoms with Crippen LogP contribution in [0.2, 0.25) is 0 Å². The van der Waals surface area contributed by atoms with Gasteiger partial charge in [-0.15, -0.1) is 0 Å². The fraction of sp³-hybridized carbons (Fsp3) is 0. The van der Waals surface area contributed by atoms with E-state index < -0.39 is 16.3 Å². The largest absolute Gasteiger partial charge is 2.00 e. The van der Waals surface area contributed by atoms with E-state index in [0.717, 1.165) is 0 Å². The molecule has 0 saturated carbocycles. The molecule has 0 bridgehead atoms. The minimum Gasteiger partial charge on any atom is -0.631 e. The average Bonchev–Trinajstić information content (AvgIpc) is 1.14. The van der Waals surface area contributed by atoms with Crippen LogP contribution in [0.4, 0.5) is 0 Å². The van der Waals surface area contributed by atoms with Gasteiger partial charge in [0.1, 0.15) is 0 Å². The Morgan fingerprint density at radius 2 is 1.08 bits per heavy atom. The van der Waals surface area contributed by atoms with E-state index in [9.17, 15) is 9.79 Å². The summed E-state index contributed by atoms with van der Waals surface area (Å²) in [6, 6.07) is 0. The van der Waals surface area contributed by atoms with Gasteiger partial charge >= 0.3 is 83.6 Å². The van der Waals surface area contributed by atoms with Gasteiger partial charge in [0.25, 0.3) is 8.17 Å². The third-order valence-corrected chi connectivity index (χ3v) is 1.91. The summed E-state index contributed by atoms with van der Waals surface area (Å²) >= 11 is 0.